The van der Waals surface area contributed by atoms with E-state index < -0.39 is 5.41 Å². The summed E-state index contributed by atoms with van der Waals surface area (Å²) >= 11 is 5.92. The maximum atomic E-state index is 14.4. The van der Waals surface area contributed by atoms with E-state index in [-0.39, 0.29) is 23.5 Å². The number of benzene rings is 1. The summed E-state index contributed by atoms with van der Waals surface area (Å²) < 4.78 is 14.4. The van der Waals surface area contributed by atoms with E-state index in [0.717, 1.165) is 26.2 Å². The Balaban J connectivity index is 2.42. The van der Waals surface area contributed by atoms with Crippen LogP contribution in [0.2, 0.25) is 5.02 Å². The fraction of sp³-hybridized carbons (Fsp3) is 0.600. The lowest BCUT2D eigenvalue weighted by molar-refractivity contribution is 0.0286. The molecule has 20 heavy (non-hydrogen) atoms. The van der Waals surface area contributed by atoms with Crippen molar-refractivity contribution in [1.29, 1.82) is 0 Å². The summed E-state index contributed by atoms with van der Waals surface area (Å²) in [6.45, 7) is 7.33. The standard InChI is InChI=1S/C15H22ClFN2O/c1-15(2,10-20)14(19-8-6-18-7-9-19)11-4-3-5-12(16)13(11)17/h3-5,14,18,20H,6-10H2,1-2H3/t14-/m1/s1. The Morgan fingerprint density at radius 1 is 1.40 bits per heavy atom. The van der Waals surface area contributed by atoms with Gasteiger partial charge in [-0.05, 0) is 6.07 Å². The van der Waals surface area contributed by atoms with Crippen LogP contribution in [0.4, 0.5) is 4.39 Å². The van der Waals surface area contributed by atoms with Crippen LogP contribution in [0, 0.1) is 11.2 Å². The summed E-state index contributed by atoms with van der Waals surface area (Å²) in [7, 11) is 0. The molecule has 1 aliphatic rings. The molecule has 2 rings (SSSR count). The molecule has 1 heterocycles. The molecule has 0 saturated carbocycles. The van der Waals surface area contributed by atoms with Gasteiger partial charge in [-0.2, -0.15) is 0 Å². The number of hydrogen-bond acceptors (Lipinski definition) is 3. The number of aliphatic hydroxyl groups excluding tert-OH is 1. The number of piperazine rings is 1. The zero-order valence-corrected chi connectivity index (χ0v) is 12.8. The summed E-state index contributed by atoms with van der Waals surface area (Å²) in [6, 6.07) is 4.91. The van der Waals surface area contributed by atoms with Gasteiger partial charge in [-0.15, -0.1) is 0 Å². The van der Waals surface area contributed by atoms with Gasteiger partial charge in [0.25, 0.3) is 0 Å². The van der Waals surface area contributed by atoms with Crippen molar-refractivity contribution in [1.82, 2.24) is 10.2 Å². The summed E-state index contributed by atoms with van der Waals surface area (Å²) in [5.41, 5.74) is 0.126. The number of rotatable bonds is 4. The molecule has 1 atom stereocenters. The Bertz CT molecular complexity index is 461. The van der Waals surface area contributed by atoms with Gasteiger partial charge in [-0.25, -0.2) is 4.39 Å². The van der Waals surface area contributed by atoms with E-state index in [1.54, 1.807) is 18.2 Å². The summed E-state index contributed by atoms with van der Waals surface area (Å²) in [6.07, 6.45) is 0. The first-order valence-electron chi connectivity index (χ1n) is 6.97. The van der Waals surface area contributed by atoms with Crippen molar-refractivity contribution in [2.24, 2.45) is 5.41 Å². The lowest BCUT2D eigenvalue weighted by Crippen LogP contribution is -2.49. The molecule has 0 spiro atoms. The average Bonchev–Trinajstić information content (AvgIpc) is 2.45. The molecule has 3 nitrogen and oxygen atoms in total. The van der Waals surface area contributed by atoms with E-state index in [4.69, 9.17) is 11.6 Å². The molecule has 0 bridgehead atoms. The minimum absolute atomic E-state index is 0.00640. The molecule has 1 aromatic rings. The van der Waals surface area contributed by atoms with Crippen molar-refractivity contribution in [3.63, 3.8) is 0 Å². The van der Waals surface area contributed by atoms with E-state index in [9.17, 15) is 9.50 Å². The van der Waals surface area contributed by atoms with Crippen LogP contribution in [0.3, 0.4) is 0 Å². The molecule has 1 aliphatic heterocycles. The van der Waals surface area contributed by atoms with E-state index in [0.29, 0.717) is 5.56 Å². The second kappa shape index (κ2) is 6.39. The van der Waals surface area contributed by atoms with Gasteiger partial charge in [0, 0.05) is 49.8 Å². The molecular formula is C15H22ClFN2O. The molecule has 1 aromatic carbocycles. The van der Waals surface area contributed by atoms with Crippen molar-refractivity contribution in [2.75, 3.05) is 32.8 Å². The van der Waals surface area contributed by atoms with Gasteiger partial charge in [0.05, 0.1) is 5.02 Å². The normalized spacial score (nSPS) is 19.1. The average molecular weight is 301 g/mol. The van der Waals surface area contributed by atoms with Gasteiger partial charge in [-0.3, -0.25) is 4.90 Å². The third-order valence-corrected chi connectivity index (χ3v) is 4.23. The molecule has 2 N–H and O–H groups in total. The predicted octanol–water partition coefficient (Wildman–Crippen LogP) is 2.44. The minimum atomic E-state index is -0.442. The van der Waals surface area contributed by atoms with Crippen LogP contribution in [-0.4, -0.2) is 42.8 Å². The maximum Gasteiger partial charge on any atom is 0.146 e. The molecule has 0 amide bonds. The van der Waals surface area contributed by atoms with Crippen LogP contribution >= 0.6 is 11.6 Å². The highest BCUT2D eigenvalue weighted by atomic mass is 35.5. The largest absolute Gasteiger partial charge is 0.396 e. The van der Waals surface area contributed by atoms with Crippen LogP contribution in [0.1, 0.15) is 25.5 Å². The fourth-order valence-corrected chi connectivity index (χ4v) is 3.05. The lowest BCUT2D eigenvalue weighted by atomic mass is 9.79. The Kier molecular flexibility index (Phi) is 5.02. The molecule has 112 valence electrons. The Morgan fingerprint density at radius 2 is 2.05 bits per heavy atom. The third-order valence-electron chi connectivity index (χ3n) is 3.94. The van der Waals surface area contributed by atoms with Crippen molar-refractivity contribution < 1.29 is 9.50 Å². The highest BCUT2D eigenvalue weighted by Gasteiger charge is 2.37. The van der Waals surface area contributed by atoms with Crippen molar-refractivity contribution >= 4 is 11.6 Å². The number of nitrogens with one attached hydrogen (secondary N) is 1. The molecule has 0 unspecified atom stereocenters. The molecule has 0 aromatic heterocycles. The SMILES string of the molecule is CC(C)(CO)[C@@H](c1cccc(Cl)c1F)N1CCNCC1. The second-order valence-corrected chi connectivity index (χ2v) is 6.39. The van der Waals surface area contributed by atoms with Gasteiger partial charge in [-0.1, -0.05) is 37.6 Å². The number of halogens is 2. The van der Waals surface area contributed by atoms with Gasteiger partial charge >= 0.3 is 0 Å². The van der Waals surface area contributed by atoms with Crippen LogP contribution in [0.5, 0.6) is 0 Å². The van der Waals surface area contributed by atoms with Gasteiger partial charge < -0.3 is 10.4 Å². The van der Waals surface area contributed by atoms with E-state index in [1.165, 1.54) is 0 Å². The van der Waals surface area contributed by atoms with Crippen LogP contribution in [-0.2, 0) is 0 Å². The topological polar surface area (TPSA) is 35.5 Å². The van der Waals surface area contributed by atoms with Crippen molar-refractivity contribution in [3.05, 3.63) is 34.6 Å². The Morgan fingerprint density at radius 3 is 2.65 bits per heavy atom. The number of hydrogen-bond donors (Lipinski definition) is 2. The zero-order chi connectivity index (χ0) is 14.8. The highest BCUT2D eigenvalue weighted by Crippen LogP contribution is 2.40. The van der Waals surface area contributed by atoms with E-state index in [1.807, 2.05) is 13.8 Å². The van der Waals surface area contributed by atoms with Gasteiger partial charge in [0.15, 0.2) is 0 Å². The number of nitrogens with zero attached hydrogens (tertiary/aromatic N) is 1. The maximum absolute atomic E-state index is 14.4. The van der Waals surface area contributed by atoms with Crippen molar-refractivity contribution in [2.45, 2.75) is 19.9 Å². The molecule has 0 radical (unpaired) electrons. The predicted molar refractivity (Wildman–Crippen MR) is 79.5 cm³/mol. The Labute approximate surface area is 124 Å². The molecule has 1 fully saturated rings. The quantitative estimate of drug-likeness (QED) is 0.896. The van der Waals surface area contributed by atoms with E-state index >= 15 is 0 Å². The first kappa shape index (κ1) is 15.7. The molecule has 5 heteroatoms. The van der Waals surface area contributed by atoms with E-state index in [2.05, 4.69) is 10.2 Å². The summed E-state index contributed by atoms with van der Waals surface area (Å²) in [4.78, 5) is 2.22. The number of aliphatic hydroxyl groups is 1. The van der Waals surface area contributed by atoms with Gasteiger partial charge in [0.1, 0.15) is 5.82 Å². The van der Waals surface area contributed by atoms with Crippen LogP contribution < -0.4 is 5.32 Å². The lowest BCUT2D eigenvalue weighted by Gasteiger charge is -2.43. The molecule has 1 saturated heterocycles. The van der Waals surface area contributed by atoms with Gasteiger partial charge in [0.2, 0.25) is 0 Å². The first-order chi connectivity index (χ1) is 9.47. The summed E-state index contributed by atoms with van der Waals surface area (Å²) in [5, 5.41) is 13.1. The highest BCUT2D eigenvalue weighted by molar-refractivity contribution is 6.30. The monoisotopic (exact) mass is 300 g/mol. The smallest absolute Gasteiger partial charge is 0.146 e. The van der Waals surface area contributed by atoms with Crippen LogP contribution in [0.25, 0.3) is 0 Å². The Hall–Kier alpha value is -0.680. The fourth-order valence-electron chi connectivity index (χ4n) is 2.87. The molecular weight excluding hydrogens is 279 g/mol. The van der Waals surface area contributed by atoms with Crippen molar-refractivity contribution in [3.8, 4) is 0 Å². The minimum Gasteiger partial charge on any atom is -0.396 e. The first-order valence-corrected chi connectivity index (χ1v) is 7.34. The molecule has 0 aliphatic carbocycles. The van der Waals surface area contributed by atoms with Crippen LogP contribution in [0.15, 0.2) is 18.2 Å². The zero-order valence-electron chi connectivity index (χ0n) is 12.0. The summed E-state index contributed by atoms with van der Waals surface area (Å²) in [5.74, 6) is -0.376. The third kappa shape index (κ3) is 3.14. The second-order valence-electron chi connectivity index (χ2n) is 5.98.